The average Bonchev–Trinajstić information content (AvgIpc) is 2.80. The van der Waals surface area contributed by atoms with Crippen molar-refractivity contribution in [3.05, 3.63) is 36.0 Å². The number of aromatic amines is 1. The molecule has 0 bridgehead atoms. The summed E-state index contributed by atoms with van der Waals surface area (Å²) < 4.78 is 16.0. The maximum absolute atomic E-state index is 11.3. The lowest BCUT2D eigenvalue weighted by Crippen LogP contribution is -2.41. The zero-order valence-electron chi connectivity index (χ0n) is 11.7. The Morgan fingerprint density at radius 3 is 2.94 bits per heavy atom. The van der Waals surface area contributed by atoms with Gasteiger partial charge in [-0.25, -0.2) is 4.79 Å². The second-order valence-corrected chi connectivity index (χ2v) is 3.83. The third-order valence-corrected chi connectivity index (χ3v) is 2.46. The molecule has 0 unspecified atom stereocenters. The van der Waals surface area contributed by atoms with Crippen molar-refractivity contribution >= 4 is 22.8 Å². The van der Waals surface area contributed by atoms with E-state index in [0.717, 1.165) is 12.4 Å². The number of rotatable bonds is 4. The first kappa shape index (κ1) is 9.70. The molecule has 1 heterocycles. The van der Waals surface area contributed by atoms with Gasteiger partial charge in [-0.3, -0.25) is 4.79 Å². The Kier molecular flexibility index (Phi) is 2.65. The predicted molar refractivity (Wildman–Crippen MR) is 67.2 cm³/mol. The number of carboxylic acid groups (broad SMARTS) is 1. The number of aromatic nitrogens is 1. The number of H-pyrrole nitrogens is 1. The van der Waals surface area contributed by atoms with Gasteiger partial charge in [-0.1, -0.05) is 18.2 Å². The van der Waals surface area contributed by atoms with Gasteiger partial charge >= 0.3 is 5.97 Å². The standard InChI is InChI=1S/C13H14N2O3/c1-8(16)15-12(13(17)18)6-9-7-14-11-5-3-2-4-10(9)11/h2-5,7,12,14H,6H2,1H3,(H,15,16)(H,17,18)/t12-/m0/s1/i6D,12D/t6-,12-. The first-order valence-corrected chi connectivity index (χ1v) is 5.36. The topological polar surface area (TPSA) is 82.2 Å². The number of carbonyl (C=O) groups excluding carboxylic acids is 1. The SMILES string of the molecule is [2H][C@@H](c1c[nH]c2ccccc12)[C@]([2H])(NC(C)=O)C(=O)O. The number of benzene rings is 1. The van der Waals surface area contributed by atoms with Crippen LogP contribution in [0, 0.1) is 0 Å². The van der Waals surface area contributed by atoms with Gasteiger partial charge in [0.15, 0.2) is 0 Å². The molecule has 0 radical (unpaired) electrons. The molecule has 1 amide bonds. The number of fused-ring (bicyclic) bond motifs is 1. The van der Waals surface area contributed by atoms with E-state index < -0.39 is 24.3 Å². The molecule has 0 fully saturated rings. The Labute approximate surface area is 107 Å². The molecule has 0 aliphatic carbocycles. The number of nitrogens with one attached hydrogen (secondary N) is 2. The first-order chi connectivity index (χ1) is 9.36. The molecule has 0 saturated carbocycles. The Hall–Kier alpha value is -2.30. The summed E-state index contributed by atoms with van der Waals surface area (Å²) in [6.45, 7) is 1.12. The molecular weight excluding hydrogens is 232 g/mol. The summed E-state index contributed by atoms with van der Waals surface area (Å²) in [5.41, 5.74) is 1.10. The Balaban J connectivity index is 2.49. The van der Waals surface area contributed by atoms with Crippen molar-refractivity contribution in [2.45, 2.75) is 19.3 Å². The van der Waals surface area contributed by atoms with Crippen LogP contribution in [0.25, 0.3) is 10.9 Å². The molecule has 1 aromatic heterocycles. The zero-order chi connectivity index (χ0) is 14.9. The van der Waals surface area contributed by atoms with Crippen LogP contribution in [0.4, 0.5) is 0 Å². The number of carbonyl (C=O) groups is 2. The summed E-state index contributed by atoms with van der Waals surface area (Å²) >= 11 is 0. The maximum Gasteiger partial charge on any atom is 0.326 e. The van der Waals surface area contributed by atoms with Crippen LogP contribution in [0.1, 0.15) is 15.2 Å². The van der Waals surface area contributed by atoms with Crippen molar-refractivity contribution in [3.63, 3.8) is 0 Å². The smallest absolute Gasteiger partial charge is 0.326 e. The van der Waals surface area contributed by atoms with Gasteiger partial charge in [0.2, 0.25) is 5.91 Å². The predicted octanol–water partition coefficient (Wildman–Crippen LogP) is 1.30. The van der Waals surface area contributed by atoms with E-state index in [1.54, 1.807) is 24.3 Å². The van der Waals surface area contributed by atoms with E-state index in [4.69, 9.17) is 2.74 Å². The average molecular weight is 248 g/mol. The lowest BCUT2D eigenvalue weighted by atomic mass is 10.1. The van der Waals surface area contributed by atoms with Gasteiger partial charge < -0.3 is 15.4 Å². The molecule has 3 N–H and O–H groups in total. The van der Waals surface area contributed by atoms with E-state index in [-0.39, 0.29) is 0 Å². The molecule has 0 aliphatic rings. The molecule has 2 atom stereocenters. The monoisotopic (exact) mass is 248 g/mol. The van der Waals surface area contributed by atoms with E-state index in [0.29, 0.717) is 10.9 Å². The van der Waals surface area contributed by atoms with Gasteiger partial charge in [0.05, 0.1) is 1.37 Å². The van der Waals surface area contributed by atoms with Gasteiger partial charge in [-0.15, -0.1) is 0 Å². The highest BCUT2D eigenvalue weighted by Gasteiger charge is 2.20. The Morgan fingerprint density at radius 2 is 2.28 bits per heavy atom. The quantitative estimate of drug-likeness (QED) is 0.762. The van der Waals surface area contributed by atoms with Crippen molar-refractivity contribution < 1.29 is 17.4 Å². The van der Waals surface area contributed by atoms with Crippen molar-refractivity contribution in [1.82, 2.24) is 10.3 Å². The van der Waals surface area contributed by atoms with Crippen LogP contribution < -0.4 is 5.32 Å². The minimum Gasteiger partial charge on any atom is -0.480 e. The highest BCUT2D eigenvalue weighted by Crippen LogP contribution is 2.19. The molecule has 5 nitrogen and oxygen atoms in total. The molecule has 94 valence electrons. The largest absolute Gasteiger partial charge is 0.480 e. The summed E-state index contributed by atoms with van der Waals surface area (Å²) in [4.78, 5) is 25.3. The molecule has 1 aromatic carbocycles. The first-order valence-electron chi connectivity index (χ1n) is 6.44. The van der Waals surface area contributed by atoms with E-state index >= 15 is 0 Å². The van der Waals surface area contributed by atoms with Crippen LogP contribution in [-0.4, -0.2) is 28.0 Å². The van der Waals surface area contributed by atoms with Crippen LogP contribution in [0.15, 0.2) is 30.5 Å². The highest BCUT2D eigenvalue weighted by molar-refractivity contribution is 5.86. The third-order valence-electron chi connectivity index (χ3n) is 2.46. The Bertz CT molecular complexity index is 670. The fourth-order valence-electron chi connectivity index (χ4n) is 1.71. The van der Waals surface area contributed by atoms with Crippen molar-refractivity contribution in [3.8, 4) is 0 Å². The molecular formula is C13H14N2O3. The zero-order valence-corrected chi connectivity index (χ0v) is 9.73. The van der Waals surface area contributed by atoms with Crippen LogP contribution in [0.2, 0.25) is 0 Å². The minimum atomic E-state index is -2.43. The number of carboxylic acids is 1. The van der Waals surface area contributed by atoms with Gasteiger partial charge in [-0.05, 0) is 11.6 Å². The number of aliphatic carboxylic acids is 1. The number of hydrogen-bond donors (Lipinski definition) is 3. The highest BCUT2D eigenvalue weighted by atomic mass is 16.4. The van der Waals surface area contributed by atoms with Crippen LogP contribution in [0.3, 0.4) is 0 Å². The van der Waals surface area contributed by atoms with Crippen molar-refractivity contribution in [2.24, 2.45) is 0 Å². The molecule has 2 aromatic rings. The summed E-state index contributed by atoms with van der Waals surface area (Å²) in [6, 6.07) is 4.66. The fourth-order valence-corrected chi connectivity index (χ4v) is 1.71. The summed E-state index contributed by atoms with van der Waals surface area (Å²) in [5, 5.41) is 11.9. The Morgan fingerprint density at radius 1 is 1.56 bits per heavy atom. The van der Waals surface area contributed by atoms with Crippen LogP contribution >= 0.6 is 0 Å². The van der Waals surface area contributed by atoms with E-state index in [2.05, 4.69) is 4.98 Å². The second-order valence-electron chi connectivity index (χ2n) is 3.83. The van der Waals surface area contributed by atoms with E-state index in [9.17, 15) is 14.7 Å². The van der Waals surface area contributed by atoms with Crippen molar-refractivity contribution in [1.29, 1.82) is 0 Å². The number of hydrogen-bond acceptors (Lipinski definition) is 2. The van der Waals surface area contributed by atoms with Crippen LogP contribution in [0.5, 0.6) is 0 Å². The lowest BCUT2D eigenvalue weighted by Gasteiger charge is -2.12. The molecule has 0 saturated heterocycles. The molecule has 2 rings (SSSR count). The minimum absolute atomic E-state index is 0.353. The molecule has 0 aliphatic heterocycles. The summed E-state index contributed by atoms with van der Waals surface area (Å²) in [6.07, 6.45) is 0.0381. The molecule has 0 spiro atoms. The van der Waals surface area contributed by atoms with Gasteiger partial charge in [-0.2, -0.15) is 0 Å². The summed E-state index contributed by atoms with van der Waals surface area (Å²) in [7, 11) is 0. The molecule has 5 heteroatoms. The molecule has 18 heavy (non-hydrogen) atoms. The lowest BCUT2D eigenvalue weighted by molar-refractivity contribution is -0.141. The van der Waals surface area contributed by atoms with Crippen molar-refractivity contribution in [2.75, 3.05) is 0 Å². The van der Waals surface area contributed by atoms with Crippen LogP contribution in [-0.2, 0) is 16.0 Å². The van der Waals surface area contributed by atoms with E-state index in [1.807, 2.05) is 5.32 Å². The second kappa shape index (κ2) is 4.91. The van der Waals surface area contributed by atoms with Gasteiger partial charge in [0.1, 0.15) is 6.02 Å². The summed E-state index contributed by atoms with van der Waals surface area (Å²) in [5.74, 6) is -2.24. The third kappa shape index (κ3) is 2.51. The maximum atomic E-state index is 11.3. The number of para-hydroxylation sites is 1. The van der Waals surface area contributed by atoms with E-state index in [1.165, 1.54) is 6.20 Å². The number of amides is 1. The van der Waals surface area contributed by atoms with Gasteiger partial charge in [0.25, 0.3) is 0 Å². The fraction of sp³-hybridized carbons (Fsp3) is 0.231. The normalized spacial score (nSPS) is 17.4. The van der Waals surface area contributed by atoms with Gasteiger partial charge in [0, 0.05) is 31.8 Å².